The molecule has 0 bridgehead atoms. The maximum Gasteiger partial charge on any atom is 0.270 e. The van der Waals surface area contributed by atoms with Gasteiger partial charge in [-0.15, -0.1) is 0 Å². The first-order valence-corrected chi connectivity index (χ1v) is 8.73. The van der Waals surface area contributed by atoms with Gasteiger partial charge in [0.1, 0.15) is 5.69 Å². The summed E-state index contributed by atoms with van der Waals surface area (Å²) >= 11 is 8.12. The zero-order valence-electron chi connectivity index (χ0n) is 11.8. The summed E-state index contributed by atoms with van der Waals surface area (Å²) in [6.45, 7) is 0. The van der Waals surface area contributed by atoms with Crippen LogP contribution in [-0.2, 0) is 0 Å². The highest BCUT2D eigenvalue weighted by Gasteiger charge is 2.25. The Morgan fingerprint density at radius 2 is 2.19 bits per heavy atom. The Bertz CT molecular complexity index is 676. The van der Waals surface area contributed by atoms with Crippen LogP contribution in [0.1, 0.15) is 29.8 Å². The van der Waals surface area contributed by atoms with Gasteiger partial charge in [0.2, 0.25) is 0 Å². The number of aromatic nitrogens is 1. The average molecular weight is 321 g/mol. The number of benzene rings is 1. The van der Waals surface area contributed by atoms with E-state index in [1.807, 2.05) is 36.0 Å². The summed E-state index contributed by atoms with van der Waals surface area (Å²) in [6, 6.07) is 9.50. The maximum absolute atomic E-state index is 12.4. The van der Waals surface area contributed by atoms with E-state index in [0.29, 0.717) is 16.0 Å². The van der Waals surface area contributed by atoms with Crippen LogP contribution >= 0.6 is 23.4 Å². The molecule has 1 N–H and O–H groups in total. The number of fused-ring (bicyclic) bond motifs is 1. The molecule has 0 spiro atoms. The van der Waals surface area contributed by atoms with Crippen molar-refractivity contribution in [1.29, 1.82) is 0 Å². The topological polar surface area (TPSA) is 42.0 Å². The van der Waals surface area contributed by atoms with Crippen molar-refractivity contribution in [3.8, 4) is 0 Å². The van der Waals surface area contributed by atoms with Gasteiger partial charge in [-0.05, 0) is 37.7 Å². The summed E-state index contributed by atoms with van der Waals surface area (Å²) in [4.78, 5) is 16.8. The van der Waals surface area contributed by atoms with E-state index in [1.165, 1.54) is 0 Å². The van der Waals surface area contributed by atoms with Crippen LogP contribution in [-0.4, -0.2) is 28.4 Å². The lowest BCUT2D eigenvalue weighted by atomic mass is 10.2. The summed E-state index contributed by atoms with van der Waals surface area (Å²) in [6.07, 6.45) is 5.37. The number of carbonyl (C=O) groups is 1. The van der Waals surface area contributed by atoms with Gasteiger partial charge in [-0.3, -0.25) is 4.79 Å². The van der Waals surface area contributed by atoms with E-state index in [4.69, 9.17) is 11.6 Å². The van der Waals surface area contributed by atoms with Gasteiger partial charge in [0.25, 0.3) is 5.91 Å². The van der Waals surface area contributed by atoms with E-state index < -0.39 is 0 Å². The minimum Gasteiger partial charge on any atom is -0.348 e. The normalized spacial score (nSPS) is 21.6. The number of amides is 1. The highest BCUT2D eigenvalue weighted by atomic mass is 35.5. The Morgan fingerprint density at radius 3 is 2.95 bits per heavy atom. The molecular formula is C16H17ClN2OS. The second-order valence-corrected chi connectivity index (χ2v) is 6.89. The number of halogens is 1. The van der Waals surface area contributed by atoms with Crippen LogP contribution in [0.3, 0.4) is 0 Å². The molecular weight excluding hydrogens is 304 g/mol. The van der Waals surface area contributed by atoms with Crippen LogP contribution in [0.5, 0.6) is 0 Å². The third-order valence-electron chi connectivity index (χ3n) is 3.95. The standard InChI is InChI=1S/C16H17ClN2OS/c1-21-11-7-6-10(8-11)18-16(20)15-9-13(17)12-4-2-3-5-14(12)19-15/h2-5,9-11H,6-8H2,1H3,(H,18,20). The molecule has 0 aliphatic heterocycles. The molecule has 1 heterocycles. The Hall–Kier alpha value is -1.26. The molecule has 1 fully saturated rings. The van der Waals surface area contributed by atoms with Crippen LogP contribution in [0, 0.1) is 0 Å². The summed E-state index contributed by atoms with van der Waals surface area (Å²) in [7, 11) is 0. The van der Waals surface area contributed by atoms with Crippen molar-refractivity contribution in [2.45, 2.75) is 30.6 Å². The zero-order chi connectivity index (χ0) is 14.8. The van der Waals surface area contributed by atoms with Crippen molar-refractivity contribution in [2.24, 2.45) is 0 Å². The summed E-state index contributed by atoms with van der Waals surface area (Å²) in [5.41, 5.74) is 1.15. The lowest BCUT2D eigenvalue weighted by Crippen LogP contribution is -2.33. The van der Waals surface area contributed by atoms with E-state index in [0.717, 1.165) is 30.2 Å². The highest BCUT2D eigenvalue weighted by molar-refractivity contribution is 7.99. The van der Waals surface area contributed by atoms with Crippen molar-refractivity contribution in [3.63, 3.8) is 0 Å². The zero-order valence-corrected chi connectivity index (χ0v) is 13.4. The van der Waals surface area contributed by atoms with Gasteiger partial charge in [0.15, 0.2) is 0 Å². The number of hydrogen-bond donors (Lipinski definition) is 1. The van der Waals surface area contributed by atoms with Gasteiger partial charge in [0.05, 0.1) is 10.5 Å². The molecule has 1 aromatic heterocycles. The van der Waals surface area contributed by atoms with Crippen molar-refractivity contribution >= 4 is 40.2 Å². The van der Waals surface area contributed by atoms with Crippen LogP contribution in [0.4, 0.5) is 0 Å². The fourth-order valence-electron chi connectivity index (χ4n) is 2.79. The first-order chi connectivity index (χ1) is 10.2. The number of pyridine rings is 1. The molecule has 2 atom stereocenters. The van der Waals surface area contributed by atoms with Gasteiger partial charge < -0.3 is 5.32 Å². The fourth-order valence-corrected chi connectivity index (χ4v) is 3.85. The fraction of sp³-hybridized carbons (Fsp3) is 0.375. The van der Waals surface area contributed by atoms with Crippen molar-refractivity contribution in [3.05, 3.63) is 41.0 Å². The third kappa shape index (κ3) is 3.16. The first-order valence-electron chi connectivity index (χ1n) is 7.06. The summed E-state index contributed by atoms with van der Waals surface area (Å²) in [5, 5.41) is 5.18. The number of hydrogen-bond acceptors (Lipinski definition) is 3. The number of nitrogens with zero attached hydrogens (tertiary/aromatic N) is 1. The third-order valence-corrected chi connectivity index (χ3v) is 5.36. The van der Waals surface area contributed by atoms with Crippen LogP contribution in [0.2, 0.25) is 5.02 Å². The molecule has 3 nitrogen and oxygen atoms in total. The Morgan fingerprint density at radius 1 is 1.38 bits per heavy atom. The van der Waals surface area contributed by atoms with Crippen LogP contribution < -0.4 is 5.32 Å². The Labute approximate surface area is 133 Å². The molecule has 1 saturated carbocycles. The number of carbonyl (C=O) groups excluding carboxylic acids is 1. The molecule has 0 radical (unpaired) electrons. The predicted octanol–water partition coefficient (Wildman–Crippen LogP) is 3.90. The van der Waals surface area contributed by atoms with Crippen molar-refractivity contribution in [2.75, 3.05) is 6.26 Å². The molecule has 1 amide bonds. The number of nitrogens with one attached hydrogen (secondary N) is 1. The lowest BCUT2D eigenvalue weighted by Gasteiger charge is -2.13. The lowest BCUT2D eigenvalue weighted by molar-refractivity contribution is 0.0933. The first kappa shape index (κ1) is 14.7. The van der Waals surface area contributed by atoms with Crippen LogP contribution in [0.15, 0.2) is 30.3 Å². The molecule has 1 aliphatic carbocycles. The van der Waals surface area contributed by atoms with Crippen molar-refractivity contribution in [1.82, 2.24) is 10.3 Å². The van der Waals surface area contributed by atoms with Gasteiger partial charge in [-0.25, -0.2) is 4.98 Å². The summed E-state index contributed by atoms with van der Waals surface area (Å²) < 4.78 is 0. The van der Waals surface area contributed by atoms with Gasteiger partial charge in [-0.2, -0.15) is 11.8 Å². The number of para-hydroxylation sites is 1. The second-order valence-electron chi connectivity index (χ2n) is 5.35. The molecule has 5 heteroatoms. The number of thioether (sulfide) groups is 1. The molecule has 1 aromatic carbocycles. The smallest absolute Gasteiger partial charge is 0.270 e. The molecule has 21 heavy (non-hydrogen) atoms. The molecule has 2 aromatic rings. The largest absolute Gasteiger partial charge is 0.348 e. The summed E-state index contributed by atoms with van der Waals surface area (Å²) in [5.74, 6) is -0.130. The minimum absolute atomic E-state index is 0.130. The molecule has 3 rings (SSSR count). The SMILES string of the molecule is CSC1CCC(NC(=O)c2cc(Cl)c3ccccc3n2)C1. The van der Waals surface area contributed by atoms with E-state index in [9.17, 15) is 4.79 Å². The Balaban J connectivity index is 1.79. The minimum atomic E-state index is -0.130. The Kier molecular flexibility index (Phi) is 4.36. The van der Waals surface area contributed by atoms with Gasteiger partial charge in [0, 0.05) is 16.7 Å². The molecule has 110 valence electrons. The van der Waals surface area contributed by atoms with E-state index >= 15 is 0 Å². The molecule has 1 aliphatic rings. The molecule has 0 saturated heterocycles. The van der Waals surface area contributed by atoms with Gasteiger partial charge in [-0.1, -0.05) is 29.8 Å². The average Bonchev–Trinajstić information content (AvgIpc) is 2.95. The maximum atomic E-state index is 12.4. The monoisotopic (exact) mass is 320 g/mol. The quantitative estimate of drug-likeness (QED) is 0.932. The van der Waals surface area contributed by atoms with Crippen molar-refractivity contribution < 1.29 is 4.79 Å². The van der Waals surface area contributed by atoms with E-state index in [1.54, 1.807) is 6.07 Å². The predicted molar refractivity (Wildman–Crippen MR) is 89.2 cm³/mol. The molecule has 2 unspecified atom stereocenters. The highest BCUT2D eigenvalue weighted by Crippen LogP contribution is 2.28. The van der Waals surface area contributed by atoms with E-state index in [-0.39, 0.29) is 11.9 Å². The van der Waals surface area contributed by atoms with Crippen LogP contribution in [0.25, 0.3) is 10.9 Å². The van der Waals surface area contributed by atoms with E-state index in [2.05, 4.69) is 16.6 Å². The number of rotatable bonds is 3. The second kappa shape index (κ2) is 6.24. The van der Waals surface area contributed by atoms with Gasteiger partial charge >= 0.3 is 0 Å².